The van der Waals surface area contributed by atoms with E-state index in [4.69, 9.17) is 0 Å². The molecule has 2 aromatic carbocycles. The van der Waals surface area contributed by atoms with Gasteiger partial charge in [-0.25, -0.2) is 0 Å². The molecule has 5 nitrogen and oxygen atoms in total. The van der Waals surface area contributed by atoms with Gasteiger partial charge in [-0.05, 0) is 62.1 Å². The maximum atomic E-state index is 12.2. The molecule has 2 amide bonds. The highest BCUT2D eigenvalue weighted by molar-refractivity contribution is 6.39. The van der Waals surface area contributed by atoms with Crippen LogP contribution in [0, 0.1) is 5.41 Å². The smallest absolute Gasteiger partial charge is 0.313 e. The number of hydrogen-bond acceptors (Lipinski definition) is 3. The van der Waals surface area contributed by atoms with Gasteiger partial charge in [0.2, 0.25) is 0 Å². The van der Waals surface area contributed by atoms with E-state index in [1.165, 1.54) is 0 Å². The van der Waals surface area contributed by atoms with Crippen LogP contribution in [0.2, 0.25) is 0 Å². The average Bonchev–Trinajstić information content (AvgIpc) is 2.55. The van der Waals surface area contributed by atoms with Crippen LogP contribution in [0.25, 0.3) is 0 Å². The van der Waals surface area contributed by atoms with Gasteiger partial charge in [-0.15, -0.1) is 0 Å². The first-order chi connectivity index (χ1) is 12.5. The van der Waals surface area contributed by atoms with Crippen molar-refractivity contribution in [1.82, 2.24) is 5.32 Å². The molecule has 0 aliphatic rings. The minimum absolute atomic E-state index is 0.0504. The first kappa shape index (κ1) is 20.5. The molecular formula is C22H29N3O2. The van der Waals surface area contributed by atoms with Crippen LogP contribution in [0.15, 0.2) is 54.6 Å². The highest BCUT2D eigenvalue weighted by Gasteiger charge is 2.29. The maximum Gasteiger partial charge on any atom is 0.313 e. The van der Waals surface area contributed by atoms with Crippen molar-refractivity contribution in [2.45, 2.75) is 46.6 Å². The highest BCUT2D eigenvalue weighted by atomic mass is 16.2. The van der Waals surface area contributed by atoms with Crippen LogP contribution in [0.5, 0.6) is 0 Å². The molecule has 2 aromatic rings. The molecule has 27 heavy (non-hydrogen) atoms. The fourth-order valence-electron chi connectivity index (χ4n) is 3.25. The molecule has 0 aromatic heterocycles. The SMILES string of the molecule is CC(C)(C)CC(C)(C)NC(=O)C(=O)Nc1ccc(Nc2ccccc2)cc1. The normalized spacial score (nSPS) is 11.6. The summed E-state index contributed by atoms with van der Waals surface area (Å²) in [4.78, 5) is 24.4. The molecular weight excluding hydrogens is 338 g/mol. The summed E-state index contributed by atoms with van der Waals surface area (Å²) in [5, 5.41) is 8.72. The molecule has 0 unspecified atom stereocenters. The molecule has 0 aliphatic carbocycles. The van der Waals surface area contributed by atoms with Crippen LogP contribution in [-0.4, -0.2) is 17.4 Å². The lowest BCUT2D eigenvalue weighted by atomic mass is 9.82. The first-order valence-electron chi connectivity index (χ1n) is 9.10. The Labute approximate surface area is 161 Å². The summed E-state index contributed by atoms with van der Waals surface area (Å²) in [6.45, 7) is 10.2. The molecule has 0 fully saturated rings. The van der Waals surface area contributed by atoms with Gasteiger partial charge in [-0.1, -0.05) is 39.0 Å². The second-order valence-corrected chi connectivity index (χ2v) is 8.60. The molecule has 0 spiro atoms. The number of nitrogens with one attached hydrogen (secondary N) is 3. The highest BCUT2D eigenvalue weighted by Crippen LogP contribution is 2.26. The lowest BCUT2D eigenvalue weighted by Crippen LogP contribution is -2.49. The molecule has 5 heteroatoms. The van der Waals surface area contributed by atoms with Crippen LogP contribution in [-0.2, 0) is 9.59 Å². The van der Waals surface area contributed by atoms with Gasteiger partial charge in [-0.2, -0.15) is 0 Å². The maximum absolute atomic E-state index is 12.2. The zero-order valence-electron chi connectivity index (χ0n) is 16.7. The number of hydrogen-bond donors (Lipinski definition) is 3. The quantitative estimate of drug-likeness (QED) is 0.671. The lowest BCUT2D eigenvalue weighted by molar-refractivity contribution is -0.137. The number of amides is 2. The number of carbonyl (C=O) groups is 2. The standard InChI is InChI=1S/C22H29N3O2/c1-21(2,3)15-22(4,5)25-20(27)19(26)24-18-13-11-17(12-14-18)23-16-9-7-6-8-10-16/h6-14,23H,15H2,1-5H3,(H,24,26)(H,25,27). The Bertz CT molecular complexity index is 775. The zero-order chi connectivity index (χ0) is 20.1. The van der Waals surface area contributed by atoms with Gasteiger partial charge >= 0.3 is 11.8 Å². The third-order valence-electron chi connectivity index (χ3n) is 3.84. The monoisotopic (exact) mass is 367 g/mol. The number of benzene rings is 2. The second-order valence-electron chi connectivity index (χ2n) is 8.60. The summed E-state index contributed by atoms with van der Waals surface area (Å²) in [7, 11) is 0. The summed E-state index contributed by atoms with van der Waals surface area (Å²) in [6.07, 6.45) is 0.763. The van der Waals surface area contributed by atoms with E-state index >= 15 is 0 Å². The van der Waals surface area contributed by atoms with Crippen molar-refractivity contribution >= 4 is 28.9 Å². The molecule has 0 bridgehead atoms. The molecule has 3 N–H and O–H groups in total. The number of anilines is 3. The van der Waals surface area contributed by atoms with Crippen molar-refractivity contribution in [2.75, 3.05) is 10.6 Å². The van der Waals surface area contributed by atoms with Gasteiger partial charge in [0.05, 0.1) is 0 Å². The van der Waals surface area contributed by atoms with Gasteiger partial charge < -0.3 is 16.0 Å². The van der Waals surface area contributed by atoms with Gasteiger partial charge in [0.15, 0.2) is 0 Å². The van der Waals surface area contributed by atoms with Gasteiger partial charge in [-0.3, -0.25) is 9.59 Å². The van der Waals surface area contributed by atoms with Gasteiger partial charge in [0, 0.05) is 22.6 Å². The van der Waals surface area contributed by atoms with Crippen molar-refractivity contribution in [3.05, 3.63) is 54.6 Å². The Kier molecular flexibility index (Phi) is 6.26. The van der Waals surface area contributed by atoms with Crippen molar-refractivity contribution in [1.29, 1.82) is 0 Å². The minimum atomic E-state index is -0.666. The number of para-hydroxylation sites is 1. The lowest BCUT2D eigenvalue weighted by Gasteiger charge is -2.33. The molecule has 0 saturated carbocycles. The van der Waals surface area contributed by atoms with E-state index in [1.54, 1.807) is 12.1 Å². The Morgan fingerprint density at radius 1 is 0.741 bits per heavy atom. The summed E-state index contributed by atoms with van der Waals surface area (Å²) in [5.41, 5.74) is 2.04. The molecule has 144 valence electrons. The van der Waals surface area contributed by atoms with E-state index < -0.39 is 17.4 Å². The Balaban J connectivity index is 1.92. The largest absolute Gasteiger partial charge is 0.356 e. The third-order valence-corrected chi connectivity index (χ3v) is 3.84. The number of rotatable bonds is 5. The van der Waals surface area contributed by atoms with Crippen LogP contribution < -0.4 is 16.0 Å². The van der Waals surface area contributed by atoms with Crippen LogP contribution in [0.1, 0.15) is 41.0 Å². The average molecular weight is 367 g/mol. The Morgan fingerprint density at radius 2 is 1.26 bits per heavy atom. The summed E-state index contributed by atoms with van der Waals surface area (Å²) < 4.78 is 0. The predicted molar refractivity (Wildman–Crippen MR) is 111 cm³/mol. The summed E-state index contributed by atoms with van der Waals surface area (Å²) >= 11 is 0. The fourth-order valence-corrected chi connectivity index (χ4v) is 3.25. The van der Waals surface area contributed by atoms with E-state index in [9.17, 15) is 9.59 Å². The molecule has 0 aliphatic heterocycles. The van der Waals surface area contributed by atoms with Crippen LogP contribution in [0.4, 0.5) is 17.1 Å². The topological polar surface area (TPSA) is 70.2 Å². The van der Waals surface area contributed by atoms with Crippen molar-refractivity contribution in [3.8, 4) is 0 Å². The van der Waals surface area contributed by atoms with Gasteiger partial charge in [0.25, 0.3) is 0 Å². The fraction of sp³-hybridized carbons (Fsp3) is 0.364. The Hall–Kier alpha value is -2.82. The van der Waals surface area contributed by atoms with Crippen LogP contribution >= 0.6 is 0 Å². The van der Waals surface area contributed by atoms with E-state index in [2.05, 4.69) is 36.7 Å². The van der Waals surface area contributed by atoms with Crippen molar-refractivity contribution in [2.24, 2.45) is 5.41 Å². The van der Waals surface area contributed by atoms with Crippen molar-refractivity contribution < 1.29 is 9.59 Å². The molecule has 2 rings (SSSR count). The predicted octanol–water partition coefficient (Wildman–Crippen LogP) is 4.70. The van der Waals surface area contributed by atoms with Gasteiger partial charge in [0.1, 0.15) is 0 Å². The van der Waals surface area contributed by atoms with E-state index in [0.29, 0.717) is 5.69 Å². The van der Waals surface area contributed by atoms with Crippen LogP contribution in [0.3, 0.4) is 0 Å². The molecule has 0 radical (unpaired) electrons. The van der Waals surface area contributed by atoms with E-state index in [0.717, 1.165) is 17.8 Å². The first-order valence-corrected chi connectivity index (χ1v) is 9.10. The third kappa shape index (κ3) is 7.13. The second kappa shape index (κ2) is 8.25. The molecule has 0 atom stereocenters. The number of carbonyl (C=O) groups excluding carboxylic acids is 2. The summed E-state index contributed by atoms with van der Waals surface area (Å²) in [6, 6.07) is 17.0. The summed E-state index contributed by atoms with van der Waals surface area (Å²) in [5.74, 6) is -1.29. The molecule has 0 heterocycles. The minimum Gasteiger partial charge on any atom is -0.356 e. The van der Waals surface area contributed by atoms with Crippen molar-refractivity contribution in [3.63, 3.8) is 0 Å². The van der Waals surface area contributed by atoms with E-state index in [-0.39, 0.29) is 5.41 Å². The molecule has 0 saturated heterocycles. The zero-order valence-corrected chi connectivity index (χ0v) is 16.7. The van der Waals surface area contributed by atoms with E-state index in [1.807, 2.05) is 56.3 Å². The Morgan fingerprint density at radius 3 is 1.81 bits per heavy atom.